The van der Waals surface area contributed by atoms with E-state index in [1.807, 2.05) is 25.3 Å². The highest BCUT2D eigenvalue weighted by atomic mass is 127. The first-order chi connectivity index (χ1) is 10.2. The van der Waals surface area contributed by atoms with Crippen molar-refractivity contribution in [3.63, 3.8) is 0 Å². The van der Waals surface area contributed by atoms with E-state index in [-0.39, 0.29) is 17.6 Å². The molecule has 3 rings (SSSR count). The van der Waals surface area contributed by atoms with Crippen LogP contribution in [0.3, 0.4) is 0 Å². The summed E-state index contributed by atoms with van der Waals surface area (Å²) in [6.07, 6.45) is 0.794. The minimum atomic E-state index is -0.478. The van der Waals surface area contributed by atoms with E-state index in [1.165, 1.54) is 0 Å². The van der Waals surface area contributed by atoms with Gasteiger partial charge >= 0.3 is 6.09 Å². The summed E-state index contributed by atoms with van der Waals surface area (Å²) >= 11 is 2.18. The van der Waals surface area contributed by atoms with Gasteiger partial charge in [0.15, 0.2) is 0 Å². The molecule has 1 amide bonds. The monoisotopic (exact) mass is 416 g/mol. The number of carbonyl (C=O) groups is 1. The van der Waals surface area contributed by atoms with Crippen molar-refractivity contribution in [2.75, 3.05) is 13.1 Å². The summed E-state index contributed by atoms with van der Waals surface area (Å²) in [5.74, 6) is 0.555. The summed E-state index contributed by atoms with van der Waals surface area (Å²) in [5.41, 5.74) is 0.650. The Balaban J connectivity index is 1.85. The van der Waals surface area contributed by atoms with E-state index in [9.17, 15) is 9.59 Å². The molecule has 2 atom stereocenters. The maximum atomic E-state index is 12.3. The maximum absolute atomic E-state index is 12.3. The molecule has 1 fully saturated rings. The molecule has 2 bridgehead atoms. The van der Waals surface area contributed by atoms with Gasteiger partial charge in [-0.2, -0.15) is 0 Å². The Hall–Kier alpha value is -1.05. The summed E-state index contributed by atoms with van der Waals surface area (Å²) in [6.45, 7) is 7.64. The van der Waals surface area contributed by atoms with Crippen LogP contribution in [0.15, 0.2) is 16.9 Å². The normalized spacial score (nSPS) is 23.9. The Labute approximate surface area is 143 Å². The number of hydrogen-bond donors (Lipinski definition) is 0. The lowest BCUT2D eigenvalue weighted by atomic mass is 9.83. The summed E-state index contributed by atoms with van der Waals surface area (Å²) in [5, 5.41) is 0. The number of piperidine rings is 1. The van der Waals surface area contributed by atoms with Crippen molar-refractivity contribution in [1.29, 1.82) is 0 Å². The van der Waals surface area contributed by atoms with E-state index < -0.39 is 5.60 Å². The van der Waals surface area contributed by atoms with Crippen molar-refractivity contribution in [3.8, 4) is 0 Å². The predicted molar refractivity (Wildman–Crippen MR) is 92.1 cm³/mol. The molecule has 6 heteroatoms. The van der Waals surface area contributed by atoms with Crippen LogP contribution in [0, 0.1) is 9.49 Å². The Morgan fingerprint density at radius 3 is 2.68 bits per heavy atom. The number of hydrogen-bond acceptors (Lipinski definition) is 3. The smallest absolute Gasteiger partial charge is 0.410 e. The van der Waals surface area contributed by atoms with Gasteiger partial charge in [-0.25, -0.2) is 4.79 Å². The summed E-state index contributed by atoms with van der Waals surface area (Å²) < 4.78 is 8.34. The Morgan fingerprint density at radius 1 is 1.27 bits per heavy atom. The molecule has 0 aliphatic carbocycles. The molecule has 22 heavy (non-hydrogen) atoms. The summed E-state index contributed by atoms with van der Waals surface area (Å²) in [7, 11) is 0. The molecular formula is C16H21IN2O3. The average molecular weight is 416 g/mol. The number of rotatable bonds is 0. The number of fused-ring (bicyclic) bond motifs is 4. The highest BCUT2D eigenvalue weighted by Crippen LogP contribution is 2.36. The van der Waals surface area contributed by atoms with E-state index in [0.29, 0.717) is 25.6 Å². The van der Waals surface area contributed by atoms with Gasteiger partial charge in [-0.3, -0.25) is 4.79 Å². The zero-order chi connectivity index (χ0) is 16.1. The summed E-state index contributed by atoms with van der Waals surface area (Å²) in [4.78, 5) is 26.3. The molecule has 120 valence electrons. The highest BCUT2D eigenvalue weighted by Gasteiger charge is 2.37. The molecular weight excluding hydrogens is 395 g/mol. The first-order valence-electron chi connectivity index (χ1n) is 7.61. The van der Waals surface area contributed by atoms with Crippen molar-refractivity contribution in [1.82, 2.24) is 9.47 Å². The maximum Gasteiger partial charge on any atom is 0.410 e. The molecule has 5 nitrogen and oxygen atoms in total. The predicted octanol–water partition coefficient (Wildman–Crippen LogP) is 2.81. The van der Waals surface area contributed by atoms with E-state index in [0.717, 1.165) is 15.7 Å². The third-order valence-electron chi connectivity index (χ3n) is 4.17. The first-order valence-corrected chi connectivity index (χ1v) is 8.69. The topological polar surface area (TPSA) is 51.5 Å². The second kappa shape index (κ2) is 5.54. The zero-order valence-electron chi connectivity index (χ0n) is 13.1. The van der Waals surface area contributed by atoms with Gasteiger partial charge in [0.05, 0.1) is 0 Å². The van der Waals surface area contributed by atoms with Crippen LogP contribution in [0.25, 0.3) is 0 Å². The van der Waals surface area contributed by atoms with Gasteiger partial charge in [0.2, 0.25) is 0 Å². The van der Waals surface area contributed by atoms with Crippen LogP contribution in [-0.2, 0) is 11.3 Å². The molecule has 2 aliphatic heterocycles. The van der Waals surface area contributed by atoms with Crippen LogP contribution in [0.4, 0.5) is 4.79 Å². The molecule has 1 aromatic heterocycles. The second-order valence-corrected chi connectivity index (χ2v) is 8.48. The number of ether oxygens (including phenoxy) is 1. The molecule has 2 unspecified atom stereocenters. The molecule has 0 radical (unpaired) electrons. The van der Waals surface area contributed by atoms with Crippen molar-refractivity contribution in [2.24, 2.45) is 5.92 Å². The third-order valence-corrected chi connectivity index (χ3v) is 4.80. The quantitative estimate of drug-likeness (QED) is 0.612. The second-order valence-electron chi connectivity index (χ2n) is 7.23. The van der Waals surface area contributed by atoms with Gasteiger partial charge < -0.3 is 14.2 Å². The average Bonchev–Trinajstić information content (AvgIpc) is 2.38. The van der Waals surface area contributed by atoms with Crippen molar-refractivity contribution >= 4 is 28.7 Å². The van der Waals surface area contributed by atoms with E-state index in [2.05, 4.69) is 28.7 Å². The Kier molecular flexibility index (Phi) is 3.99. The number of halogens is 1. The summed E-state index contributed by atoms with van der Waals surface area (Å²) in [6, 6.07) is 3.75. The van der Waals surface area contributed by atoms with Gasteiger partial charge in [-0.05, 0) is 61.8 Å². The molecule has 0 saturated carbocycles. The van der Waals surface area contributed by atoms with E-state index >= 15 is 0 Å². The van der Waals surface area contributed by atoms with Crippen molar-refractivity contribution < 1.29 is 9.53 Å². The zero-order valence-corrected chi connectivity index (χ0v) is 15.3. The van der Waals surface area contributed by atoms with Gasteiger partial charge in [-0.15, -0.1) is 0 Å². The molecule has 2 aliphatic rings. The number of likely N-dealkylation sites (tertiary alicyclic amines) is 1. The number of pyridine rings is 1. The highest BCUT2D eigenvalue weighted by molar-refractivity contribution is 14.1. The van der Waals surface area contributed by atoms with E-state index in [4.69, 9.17) is 4.74 Å². The van der Waals surface area contributed by atoms with Crippen molar-refractivity contribution in [2.45, 2.75) is 45.3 Å². The fourth-order valence-electron chi connectivity index (χ4n) is 3.40. The largest absolute Gasteiger partial charge is 0.444 e. The van der Waals surface area contributed by atoms with Gasteiger partial charge in [0.25, 0.3) is 5.56 Å². The molecule has 3 heterocycles. The lowest BCUT2D eigenvalue weighted by Gasteiger charge is -2.42. The van der Waals surface area contributed by atoms with Gasteiger partial charge in [0.1, 0.15) is 5.60 Å². The molecule has 0 aromatic carbocycles. The Morgan fingerprint density at radius 2 is 2.00 bits per heavy atom. The van der Waals surface area contributed by atoms with Crippen LogP contribution in [0.2, 0.25) is 0 Å². The minimum absolute atomic E-state index is 0.0716. The van der Waals surface area contributed by atoms with Crippen LogP contribution in [0.5, 0.6) is 0 Å². The van der Waals surface area contributed by atoms with Gasteiger partial charge in [0, 0.05) is 40.9 Å². The first kappa shape index (κ1) is 15.8. The molecule has 0 N–H and O–H groups in total. The molecule has 0 spiro atoms. The minimum Gasteiger partial charge on any atom is -0.444 e. The van der Waals surface area contributed by atoms with Crippen LogP contribution >= 0.6 is 22.6 Å². The Bertz CT molecular complexity index is 662. The standard InChI is InChI=1S/C16H21IN2O3/c1-16(2,3)22-15(21)18-7-10-4-11(9-18)13-5-12(17)6-14(20)19(13)8-10/h5-6,10-11H,4,7-9H2,1-3H3. The van der Waals surface area contributed by atoms with Crippen LogP contribution in [0.1, 0.15) is 38.8 Å². The SMILES string of the molecule is CC(C)(C)OC(=O)N1CC2CC(C1)c1cc(I)cc(=O)n1C2. The number of aromatic nitrogens is 1. The number of amides is 1. The third kappa shape index (κ3) is 3.16. The van der Waals surface area contributed by atoms with Crippen LogP contribution in [-0.4, -0.2) is 34.3 Å². The van der Waals surface area contributed by atoms with Crippen LogP contribution < -0.4 is 5.56 Å². The fourth-order valence-corrected chi connectivity index (χ4v) is 3.99. The lowest BCUT2D eigenvalue weighted by molar-refractivity contribution is 0.0102. The number of carbonyl (C=O) groups excluding carboxylic acids is 1. The number of nitrogens with zero attached hydrogens (tertiary/aromatic N) is 2. The van der Waals surface area contributed by atoms with Gasteiger partial charge in [-0.1, -0.05) is 0 Å². The van der Waals surface area contributed by atoms with Crippen molar-refractivity contribution in [3.05, 3.63) is 31.8 Å². The van der Waals surface area contributed by atoms with E-state index in [1.54, 1.807) is 11.0 Å². The molecule has 1 aromatic rings. The lowest BCUT2D eigenvalue weighted by Crippen LogP contribution is -2.50. The fraction of sp³-hybridized carbons (Fsp3) is 0.625. The molecule has 1 saturated heterocycles.